The maximum Gasteiger partial charge on any atom is 0.126 e. The molecule has 2 aromatic rings. The van der Waals surface area contributed by atoms with Crippen LogP contribution in [0.5, 0.6) is 0 Å². The Morgan fingerprint density at radius 3 is 2.86 bits per heavy atom. The molecule has 2 rings (SSSR count). The Bertz CT molecular complexity index is 434. The van der Waals surface area contributed by atoms with Crippen LogP contribution >= 0.6 is 11.3 Å². The van der Waals surface area contributed by atoms with E-state index in [0.29, 0.717) is 5.82 Å². The minimum absolute atomic E-state index is 0.638. The van der Waals surface area contributed by atoms with Gasteiger partial charge in [0.05, 0.1) is 0 Å². The predicted octanol–water partition coefficient (Wildman–Crippen LogP) is 2.62. The average Bonchev–Trinajstić information content (AvgIpc) is 2.56. The van der Waals surface area contributed by atoms with Gasteiger partial charge in [0.1, 0.15) is 5.82 Å². The first-order valence-electron chi connectivity index (χ1n) is 4.50. The summed E-state index contributed by atoms with van der Waals surface area (Å²) in [7, 11) is 0. The molecule has 0 amide bonds. The van der Waals surface area contributed by atoms with E-state index < -0.39 is 0 Å². The molecule has 0 aliphatic heterocycles. The molecule has 0 saturated heterocycles. The first-order chi connectivity index (χ1) is 6.75. The van der Waals surface area contributed by atoms with Gasteiger partial charge in [0.25, 0.3) is 0 Å². The molecule has 0 atom stereocenters. The van der Waals surface area contributed by atoms with E-state index in [2.05, 4.69) is 24.0 Å². The summed E-state index contributed by atoms with van der Waals surface area (Å²) in [6.07, 6.45) is 2.61. The third-order valence-corrected chi connectivity index (χ3v) is 3.09. The van der Waals surface area contributed by atoms with E-state index in [-0.39, 0.29) is 0 Å². The maximum atomic E-state index is 5.77. The fourth-order valence-corrected chi connectivity index (χ4v) is 2.28. The van der Waals surface area contributed by atoms with Gasteiger partial charge < -0.3 is 5.73 Å². The van der Waals surface area contributed by atoms with E-state index >= 15 is 0 Å². The molecule has 0 aliphatic rings. The molecule has 0 fully saturated rings. The van der Waals surface area contributed by atoms with Crippen molar-refractivity contribution in [2.24, 2.45) is 0 Å². The van der Waals surface area contributed by atoms with Crippen LogP contribution in [-0.4, -0.2) is 4.98 Å². The Kier molecular flexibility index (Phi) is 2.50. The molecule has 0 unspecified atom stereocenters. The highest BCUT2D eigenvalue weighted by molar-refractivity contribution is 7.11. The standard InChI is InChI=1S/C11H12N2S/c1-8-4-5-10(14-8)7-9-3-2-6-13-11(9)12/h2-6H,7H2,1H3,(H2,12,13). The van der Waals surface area contributed by atoms with Crippen LogP contribution in [0.1, 0.15) is 15.3 Å². The second-order valence-corrected chi connectivity index (χ2v) is 4.61. The summed E-state index contributed by atoms with van der Waals surface area (Å²) < 4.78 is 0. The second kappa shape index (κ2) is 3.80. The van der Waals surface area contributed by atoms with E-state index in [0.717, 1.165) is 12.0 Å². The third kappa shape index (κ3) is 1.93. The largest absolute Gasteiger partial charge is 0.383 e. The highest BCUT2D eigenvalue weighted by atomic mass is 32.1. The second-order valence-electron chi connectivity index (χ2n) is 3.24. The third-order valence-electron chi connectivity index (χ3n) is 2.09. The monoisotopic (exact) mass is 204 g/mol. The van der Waals surface area contributed by atoms with Crippen LogP contribution in [-0.2, 0) is 6.42 Å². The highest BCUT2D eigenvalue weighted by Crippen LogP contribution is 2.20. The van der Waals surface area contributed by atoms with Gasteiger partial charge >= 0.3 is 0 Å². The highest BCUT2D eigenvalue weighted by Gasteiger charge is 2.02. The Morgan fingerprint density at radius 2 is 2.21 bits per heavy atom. The molecule has 0 spiro atoms. The summed E-state index contributed by atoms with van der Waals surface area (Å²) in [5.74, 6) is 0.638. The summed E-state index contributed by atoms with van der Waals surface area (Å²) in [6, 6.07) is 8.22. The number of aryl methyl sites for hydroxylation is 1. The smallest absolute Gasteiger partial charge is 0.126 e. The van der Waals surface area contributed by atoms with Gasteiger partial charge in [-0.1, -0.05) is 6.07 Å². The number of rotatable bonds is 2. The lowest BCUT2D eigenvalue weighted by Crippen LogP contribution is -1.96. The zero-order chi connectivity index (χ0) is 9.97. The molecule has 0 saturated carbocycles. The van der Waals surface area contributed by atoms with Crippen molar-refractivity contribution in [1.82, 2.24) is 4.98 Å². The minimum Gasteiger partial charge on any atom is -0.383 e. The summed E-state index contributed by atoms with van der Waals surface area (Å²) in [5.41, 5.74) is 6.87. The number of thiophene rings is 1. The van der Waals surface area contributed by atoms with Crippen molar-refractivity contribution in [2.45, 2.75) is 13.3 Å². The average molecular weight is 204 g/mol. The summed E-state index contributed by atoms with van der Waals surface area (Å²) >= 11 is 1.81. The number of nitrogen functional groups attached to an aromatic ring is 1. The van der Waals surface area contributed by atoms with Gasteiger partial charge in [-0.25, -0.2) is 4.98 Å². The Labute approximate surface area is 87.4 Å². The lowest BCUT2D eigenvalue weighted by molar-refractivity contribution is 1.18. The molecule has 2 heterocycles. The Hall–Kier alpha value is -1.35. The van der Waals surface area contributed by atoms with Gasteiger partial charge in [0.15, 0.2) is 0 Å². The lowest BCUT2D eigenvalue weighted by atomic mass is 10.1. The van der Waals surface area contributed by atoms with E-state index in [1.54, 1.807) is 6.20 Å². The molecular formula is C11H12N2S. The zero-order valence-corrected chi connectivity index (χ0v) is 8.84. The number of hydrogen-bond acceptors (Lipinski definition) is 3. The number of anilines is 1. The van der Waals surface area contributed by atoms with Crippen molar-refractivity contribution in [3.05, 3.63) is 45.8 Å². The van der Waals surface area contributed by atoms with Crippen LogP contribution in [0.2, 0.25) is 0 Å². The normalized spacial score (nSPS) is 10.4. The summed E-state index contributed by atoms with van der Waals surface area (Å²) in [4.78, 5) is 6.74. The molecule has 2 nitrogen and oxygen atoms in total. The van der Waals surface area contributed by atoms with Gasteiger partial charge in [-0.05, 0) is 30.7 Å². The topological polar surface area (TPSA) is 38.9 Å². The first-order valence-corrected chi connectivity index (χ1v) is 5.32. The van der Waals surface area contributed by atoms with Crippen LogP contribution in [0.4, 0.5) is 5.82 Å². The first kappa shape index (κ1) is 9.21. The van der Waals surface area contributed by atoms with E-state index in [1.165, 1.54) is 9.75 Å². The minimum atomic E-state index is 0.638. The number of nitrogens with zero attached hydrogens (tertiary/aromatic N) is 1. The summed E-state index contributed by atoms with van der Waals surface area (Å²) in [5, 5.41) is 0. The number of aromatic nitrogens is 1. The quantitative estimate of drug-likeness (QED) is 0.816. The van der Waals surface area contributed by atoms with Gasteiger partial charge in [0.2, 0.25) is 0 Å². The fraction of sp³-hybridized carbons (Fsp3) is 0.182. The molecule has 0 bridgehead atoms. The molecule has 0 aliphatic carbocycles. The molecule has 2 aromatic heterocycles. The molecule has 0 aromatic carbocycles. The number of nitrogens with two attached hydrogens (primary N) is 1. The van der Waals surface area contributed by atoms with Crippen LogP contribution in [0.3, 0.4) is 0 Å². The Balaban J connectivity index is 2.23. The predicted molar refractivity (Wildman–Crippen MR) is 60.5 cm³/mol. The van der Waals surface area contributed by atoms with Crippen molar-refractivity contribution in [2.75, 3.05) is 5.73 Å². The molecule has 2 N–H and O–H groups in total. The molecular weight excluding hydrogens is 192 g/mol. The van der Waals surface area contributed by atoms with Gasteiger partial charge in [-0.3, -0.25) is 0 Å². The molecule has 3 heteroatoms. The number of hydrogen-bond donors (Lipinski definition) is 1. The maximum absolute atomic E-state index is 5.77. The van der Waals surface area contributed by atoms with Crippen molar-refractivity contribution < 1.29 is 0 Å². The Morgan fingerprint density at radius 1 is 1.36 bits per heavy atom. The molecule has 72 valence electrons. The SMILES string of the molecule is Cc1ccc(Cc2cccnc2N)s1. The van der Waals surface area contributed by atoms with Crippen LogP contribution in [0, 0.1) is 6.92 Å². The van der Waals surface area contributed by atoms with Gasteiger partial charge in [-0.15, -0.1) is 11.3 Å². The zero-order valence-electron chi connectivity index (χ0n) is 8.03. The van der Waals surface area contributed by atoms with Crippen LogP contribution < -0.4 is 5.73 Å². The molecule has 14 heavy (non-hydrogen) atoms. The van der Waals surface area contributed by atoms with E-state index in [4.69, 9.17) is 5.73 Å². The van der Waals surface area contributed by atoms with E-state index in [1.807, 2.05) is 23.5 Å². The fourth-order valence-electron chi connectivity index (χ4n) is 1.37. The van der Waals surface area contributed by atoms with Gasteiger partial charge in [-0.2, -0.15) is 0 Å². The lowest BCUT2D eigenvalue weighted by Gasteiger charge is -2.01. The van der Waals surface area contributed by atoms with E-state index in [9.17, 15) is 0 Å². The molecule has 0 radical (unpaired) electrons. The van der Waals surface area contributed by atoms with Crippen LogP contribution in [0.25, 0.3) is 0 Å². The van der Waals surface area contributed by atoms with Crippen molar-refractivity contribution >= 4 is 17.2 Å². The van der Waals surface area contributed by atoms with Crippen molar-refractivity contribution in [3.63, 3.8) is 0 Å². The van der Waals surface area contributed by atoms with Crippen LogP contribution in [0.15, 0.2) is 30.5 Å². The van der Waals surface area contributed by atoms with Crippen molar-refractivity contribution in [3.8, 4) is 0 Å². The van der Waals surface area contributed by atoms with Gasteiger partial charge in [0, 0.05) is 22.4 Å². The van der Waals surface area contributed by atoms with Crippen molar-refractivity contribution in [1.29, 1.82) is 0 Å². The number of pyridine rings is 1. The summed E-state index contributed by atoms with van der Waals surface area (Å²) in [6.45, 7) is 2.11.